The van der Waals surface area contributed by atoms with E-state index in [4.69, 9.17) is 0 Å². The summed E-state index contributed by atoms with van der Waals surface area (Å²) in [5, 5.41) is 0. The van der Waals surface area contributed by atoms with Gasteiger partial charge >= 0.3 is 0 Å². The van der Waals surface area contributed by atoms with Crippen molar-refractivity contribution in [3.05, 3.63) is 48.0 Å². The summed E-state index contributed by atoms with van der Waals surface area (Å²) in [6.07, 6.45) is 5.16. The van der Waals surface area contributed by atoms with Crippen LogP contribution in [0.4, 0.5) is 0 Å². The van der Waals surface area contributed by atoms with E-state index in [-0.39, 0.29) is 17.9 Å². The second-order valence-corrected chi connectivity index (χ2v) is 5.36. The minimum Gasteiger partial charge on any atom is -0.338 e. The Morgan fingerprint density at radius 1 is 1.17 bits per heavy atom. The predicted octanol–water partition coefficient (Wildman–Crippen LogP) is 2.90. The van der Waals surface area contributed by atoms with Gasteiger partial charge in [-0.3, -0.25) is 4.79 Å². The van der Waals surface area contributed by atoms with E-state index in [9.17, 15) is 4.79 Å². The first-order chi connectivity index (χ1) is 8.59. The van der Waals surface area contributed by atoms with Crippen LogP contribution in [0.5, 0.6) is 0 Å². The molecule has 0 saturated heterocycles. The Bertz CT molecular complexity index is 436. The Labute approximate surface area is 109 Å². The second-order valence-electron chi connectivity index (χ2n) is 5.36. The molecule has 1 aromatic rings. The molecule has 0 aromatic heterocycles. The van der Waals surface area contributed by atoms with Crippen molar-refractivity contribution in [2.45, 2.75) is 26.3 Å². The Hall–Kier alpha value is -1.57. The summed E-state index contributed by atoms with van der Waals surface area (Å²) < 4.78 is 0. The van der Waals surface area contributed by atoms with E-state index >= 15 is 0 Å². The molecule has 2 atom stereocenters. The van der Waals surface area contributed by atoms with Gasteiger partial charge in [0.25, 0.3) is 0 Å². The molecule has 0 fully saturated rings. The van der Waals surface area contributed by atoms with Gasteiger partial charge < -0.3 is 4.90 Å². The first-order valence-electron chi connectivity index (χ1n) is 6.58. The molecule has 0 unspecified atom stereocenters. The average molecular weight is 243 g/mol. The number of hydrogen-bond acceptors (Lipinski definition) is 1. The third-order valence-corrected chi connectivity index (χ3v) is 3.68. The topological polar surface area (TPSA) is 20.3 Å². The molecule has 0 radical (unpaired) electrons. The van der Waals surface area contributed by atoms with Crippen LogP contribution in [0, 0.1) is 11.8 Å². The summed E-state index contributed by atoms with van der Waals surface area (Å²) >= 11 is 0. The van der Waals surface area contributed by atoms with Gasteiger partial charge in [-0.1, -0.05) is 56.3 Å². The standard InChI is InChI=1S/C16H21NO/c1-12(2)15-10-9-14(17(3)16(15)18)11-13-7-5-4-6-8-13/h4-10,12,14-15H,11H2,1-3H3/t14-,15-/m1/s1. The van der Waals surface area contributed by atoms with Crippen LogP contribution in [0.25, 0.3) is 0 Å². The van der Waals surface area contributed by atoms with Gasteiger partial charge in [0, 0.05) is 7.05 Å². The van der Waals surface area contributed by atoms with Crippen molar-refractivity contribution in [3.63, 3.8) is 0 Å². The molecule has 0 bridgehead atoms. The van der Waals surface area contributed by atoms with E-state index in [1.165, 1.54) is 5.56 Å². The van der Waals surface area contributed by atoms with Gasteiger partial charge in [-0.05, 0) is 17.9 Å². The minimum atomic E-state index is 0.0435. The van der Waals surface area contributed by atoms with Gasteiger partial charge in [0.2, 0.25) is 5.91 Å². The molecule has 1 aromatic carbocycles. The molecule has 0 spiro atoms. The third kappa shape index (κ3) is 2.63. The highest BCUT2D eigenvalue weighted by molar-refractivity contribution is 5.82. The van der Waals surface area contributed by atoms with Gasteiger partial charge in [-0.15, -0.1) is 0 Å². The number of likely N-dealkylation sites (N-methyl/N-ethyl adjacent to an activating group) is 1. The summed E-state index contributed by atoms with van der Waals surface area (Å²) in [4.78, 5) is 14.1. The van der Waals surface area contributed by atoms with Crippen molar-refractivity contribution in [2.24, 2.45) is 11.8 Å². The van der Waals surface area contributed by atoms with Gasteiger partial charge in [-0.25, -0.2) is 0 Å². The first-order valence-corrected chi connectivity index (χ1v) is 6.58. The van der Waals surface area contributed by atoms with Gasteiger partial charge in [-0.2, -0.15) is 0 Å². The van der Waals surface area contributed by atoms with Crippen LogP contribution in [0.2, 0.25) is 0 Å². The lowest BCUT2D eigenvalue weighted by Gasteiger charge is -2.34. The highest BCUT2D eigenvalue weighted by Gasteiger charge is 2.30. The predicted molar refractivity (Wildman–Crippen MR) is 74.2 cm³/mol. The van der Waals surface area contributed by atoms with Gasteiger partial charge in [0.05, 0.1) is 12.0 Å². The van der Waals surface area contributed by atoms with E-state index < -0.39 is 0 Å². The van der Waals surface area contributed by atoms with E-state index in [0.29, 0.717) is 5.92 Å². The Morgan fingerprint density at radius 3 is 2.44 bits per heavy atom. The quantitative estimate of drug-likeness (QED) is 0.747. The Balaban J connectivity index is 2.12. The number of carbonyl (C=O) groups excluding carboxylic acids is 1. The second kappa shape index (κ2) is 5.38. The van der Waals surface area contributed by atoms with E-state index in [1.807, 2.05) is 30.1 Å². The first kappa shape index (κ1) is 12.9. The summed E-state index contributed by atoms with van der Waals surface area (Å²) in [5.41, 5.74) is 1.27. The monoisotopic (exact) mass is 243 g/mol. The van der Waals surface area contributed by atoms with Crippen LogP contribution in [-0.4, -0.2) is 23.9 Å². The molecule has 18 heavy (non-hydrogen) atoms. The molecular weight excluding hydrogens is 222 g/mol. The molecule has 96 valence electrons. The molecule has 0 aliphatic carbocycles. The summed E-state index contributed by atoms with van der Waals surface area (Å²) in [6, 6.07) is 10.5. The fourth-order valence-corrected chi connectivity index (χ4v) is 2.43. The Kier molecular flexibility index (Phi) is 3.85. The van der Waals surface area contributed by atoms with Crippen LogP contribution in [0.15, 0.2) is 42.5 Å². The largest absolute Gasteiger partial charge is 0.338 e. The average Bonchev–Trinajstić information content (AvgIpc) is 2.36. The summed E-state index contributed by atoms with van der Waals surface area (Å²) in [6.45, 7) is 4.19. The molecule has 0 saturated carbocycles. The van der Waals surface area contributed by atoms with Crippen molar-refractivity contribution in [2.75, 3.05) is 7.05 Å². The molecule has 1 aliphatic heterocycles. The maximum atomic E-state index is 12.2. The van der Waals surface area contributed by atoms with E-state index in [0.717, 1.165) is 6.42 Å². The molecule has 0 N–H and O–H groups in total. The number of hydrogen-bond donors (Lipinski definition) is 0. The van der Waals surface area contributed by atoms with Crippen LogP contribution in [0.1, 0.15) is 19.4 Å². The maximum absolute atomic E-state index is 12.2. The van der Waals surface area contributed by atoms with Crippen molar-refractivity contribution >= 4 is 5.91 Å². The molecular formula is C16H21NO. The lowest BCUT2D eigenvalue weighted by atomic mass is 9.88. The zero-order valence-electron chi connectivity index (χ0n) is 11.3. The normalized spacial score (nSPS) is 23.8. The van der Waals surface area contributed by atoms with Crippen molar-refractivity contribution in [1.29, 1.82) is 0 Å². The third-order valence-electron chi connectivity index (χ3n) is 3.68. The highest BCUT2D eigenvalue weighted by atomic mass is 16.2. The van der Waals surface area contributed by atoms with Crippen molar-refractivity contribution in [1.82, 2.24) is 4.90 Å². The number of rotatable bonds is 3. The maximum Gasteiger partial charge on any atom is 0.229 e. The zero-order chi connectivity index (χ0) is 13.1. The fourth-order valence-electron chi connectivity index (χ4n) is 2.43. The lowest BCUT2D eigenvalue weighted by Crippen LogP contribution is -2.44. The minimum absolute atomic E-state index is 0.0435. The SMILES string of the molecule is CC(C)[C@H]1C=C[C@H](Cc2ccccc2)N(C)C1=O. The zero-order valence-corrected chi connectivity index (χ0v) is 11.3. The van der Waals surface area contributed by atoms with Crippen LogP contribution >= 0.6 is 0 Å². The lowest BCUT2D eigenvalue weighted by molar-refractivity contribution is -0.136. The van der Waals surface area contributed by atoms with Crippen LogP contribution < -0.4 is 0 Å². The number of carbonyl (C=O) groups is 1. The molecule has 1 aliphatic rings. The molecule has 2 rings (SSSR count). The fraction of sp³-hybridized carbons (Fsp3) is 0.438. The molecule has 2 nitrogen and oxygen atoms in total. The Morgan fingerprint density at radius 2 is 1.83 bits per heavy atom. The number of nitrogens with zero attached hydrogens (tertiary/aromatic N) is 1. The molecule has 2 heteroatoms. The number of amides is 1. The van der Waals surface area contributed by atoms with Crippen molar-refractivity contribution in [3.8, 4) is 0 Å². The van der Waals surface area contributed by atoms with E-state index in [2.05, 4.69) is 38.1 Å². The number of benzene rings is 1. The highest BCUT2D eigenvalue weighted by Crippen LogP contribution is 2.23. The van der Waals surface area contributed by atoms with Gasteiger partial charge in [0.15, 0.2) is 0 Å². The molecule has 1 heterocycles. The van der Waals surface area contributed by atoms with Gasteiger partial charge in [0.1, 0.15) is 0 Å². The van der Waals surface area contributed by atoms with Crippen LogP contribution in [-0.2, 0) is 11.2 Å². The van der Waals surface area contributed by atoms with Crippen LogP contribution in [0.3, 0.4) is 0 Å². The van der Waals surface area contributed by atoms with E-state index in [1.54, 1.807) is 0 Å². The molecule has 1 amide bonds. The summed E-state index contributed by atoms with van der Waals surface area (Å²) in [7, 11) is 1.91. The van der Waals surface area contributed by atoms with Crippen molar-refractivity contribution < 1.29 is 4.79 Å². The smallest absolute Gasteiger partial charge is 0.229 e. The summed E-state index contributed by atoms with van der Waals surface area (Å²) in [5.74, 6) is 0.657.